The molecule has 0 unspecified atom stereocenters. The Balaban J connectivity index is 3.13. The van der Waals surface area contributed by atoms with E-state index in [2.05, 4.69) is 5.32 Å². The van der Waals surface area contributed by atoms with Crippen LogP contribution in [0.4, 0.5) is 0 Å². The lowest BCUT2D eigenvalue weighted by Crippen LogP contribution is -2.66. The minimum atomic E-state index is -2.45. The average molecular weight is 345 g/mol. The van der Waals surface area contributed by atoms with E-state index in [-0.39, 0.29) is 18.8 Å². The first-order chi connectivity index (χ1) is 11.6. The van der Waals surface area contributed by atoms with E-state index in [1.165, 1.54) is 0 Å². The molecule has 1 N–H and O–H groups in total. The van der Waals surface area contributed by atoms with Crippen LogP contribution in [0, 0.1) is 5.92 Å². The van der Waals surface area contributed by atoms with E-state index in [9.17, 15) is 24.0 Å². The van der Waals surface area contributed by atoms with Gasteiger partial charge in [-0.15, -0.1) is 0 Å². The van der Waals surface area contributed by atoms with Gasteiger partial charge < -0.3 is 5.32 Å². The Morgan fingerprint density at radius 2 is 1.48 bits per heavy atom. The molecule has 0 saturated heterocycles. The van der Waals surface area contributed by atoms with E-state index in [4.69, 9.17) is 0 Å². The second-order valence-electron chi connectivity index (χ2n) is 6.42. The van der Waals surface area contributed by atoms with Crippen molar-refractivity contribution in [2.45, 2.75) is 46.1 Å². The molecular formula is C19H23NO5. The molecule has 1 aromatic rings. The van der Waals surface area contributed by atoms with Gasteiger partial charge in [-0.25, -0.2) is 0 Å². The van der Waals surface area contributed by atoms with Crippen molar-refractivity contribution < 1.29 is 24.0 Å². The summed E-state index contributed by atoms with van der Waals surface area (Å²) in [6, 6.07) is 8.67. The second kappa shape index (κ2) is 8.46. The molecule has 0 bridgehead atoms. The molecule has 1 rings (SSSR count). The van der Waals surface area contributed by atoms with Gasteiger partial charge in [-0.2, -0.15) is 0 Å². The first-order valence-corrected chi connectivity index (χ1v) is 8.05. The third-order valence-electron chi connectivity index (χ3n) is 3.78. The van der Waals surface area contributed by atoms with Crippen molar-refractivity contribution in [3.8, 4) is 0 Å². The summed E-state index contributed by atoms with van der Waals surface area (Å²) in [6.07, 6.45) is -0.218. The van der Waals surface area contributed by atoms with Crippen molar-refractivity contribution in [1.82, 2.24) is 5.32 Å². The highest BCUT2D eigenvalue weighted by atomic mass is 16.2. The molecule has 0 atom stereocenters. The molecule has 0 aliphatic rings. The molecule has 0 saturated carbocycles. The second-order valence-corrected chi connectivity index (χ2v) is 6.42. The molecule has 0 radical (unpaired) electrons. The van der Waals surface area contributed by atoms with Gasteiger partial charge in [-0.3, -0.25) is 24.0 Å². The number of nitrogens with one attached hydrogen (secondary N) is 1. The van der Waals surface area contributed by atoms with Crippen LogP contribution in [-0.2, 0) is 30.4 Å². The number of Topliss-reactive ketones (excluding diaryl/α,β-unsaturated/α-hetero) is 4. The summed E-state index contributed by atoms with van der Waals surface area (Å²) in [5.41, 5.74) is -1.79. The topological polar surface area (TPSA) is 97.4 Å². The summed E-state index contributed by atoms with van der Waals surface area (Å²) >= 11 is 0. The summed E-state index contributed by atoms with van der Waals surface area (Å²) in [7, 11) is 0. The quantitative estimate of drug-likeness (QED) is 0.539. The predicted octanol–water partition coefficient (Wildman–Crippen LogP) is 1.45. The van der Waals surface area contributed by atoms with Gasteiger partial charge in [-0.1, -0.05) is 44.2 Å². The van der Waals surface area contributed by atoms with Gasteiger partial charge in [0.15, 0.2) is 11.6 Å². The minimum Gasteiger partial charge on any atom is -0.331 e. The zero-order chi connectivity index (χ0) is 19.2. The van der Waals surface area contributed by atoms with E-state index in [1.807, 2.05) is 0 Å². The zero-order valence-corrected chi connectivity index (χ0v) is 14.9. The number of amides is 1. The maximum absolute atomic E-state index is 12.6. The fraction of sp³-hybridized carbons (Fsp3) is 0.421. The number of ketones is 4. The summed E-state index contributed by atoms with van der Waals surface area (Å²) in [4.78, 5) is 61.3. The SMILES string of the molecule is CC(=O)C(NC(=O)Cc1ccccc1)(C(C)=O)C(=O)C(=O)CC(C)C. The highest BCUT2D eigenvalue weighted by Gasteiger charge is 2.51. The van der Waals surface area contributed by atoms with Crippen LogP contribution < -0.4 is 5.32 Å². The molecule has 0 aromatic heterocycles. The molecule has 25 heavy (non-hydrogen) atoms. The number of carbonyl (C=O) groups is 5. The maximum Gasteiger partial charge on any atom is 0.239 e. The highest BCUT2D eigenvalue weighted by molar-refractivity contribution is 6.51. The van der Waals surface area contributed by atoms with Crippen LogP contribution in [0.1, 0.15) is 39.7 Å². The van der Waals surface area contributed by atoms with E-state index in [1.54, 1.807) is 44.2 Å². The Hall–Kier alpha value is -2.63. The normalized spacial score (nSPS) is 11.1. The van der Waals surface area contributed by atoms with Crippen molar-refractivity contribution in [2.75, 3.05) is 0 Å². The van der Waals surface area contributed by atoms with Gasteiger partial charge >= 0.3 is 0 Å². The Labute approximate surface area is 147 Å². The van der Waals surface area contributed by atoms with E-state index < -0.39 is 34.6 Å². The van der Waals surface area contributed by atoms with Crippen LogP contribution in [0.3, 0.4) is 0 Å². The fourth-order valence-electron chi connectivity index (χ4n) is 2.51. The van der Waals surface area contributed by atoms with Gasteiger partial charge in [0.25, 0.3) is 0 Å². The molecule has 0 heterocycles. The molecule has 0 aliphatic carbocycles. The van der Waals surface area contributed by atoms with Gasteiger partial charge in [-0.05, 0) is 25.3 Å². The number of carbonyl (C=O) groups excluding carboxylic acids is 5. The third-order valence-corrected chi connectivity index (χ3v) is 3.78. The molecular weight excluding hydrogens is 322 g/mol. The van der Waals surface area contributed by atoms with Crippen molar-refractivity contribution in [1.29, 1.82) is 0 Å². The summed E-state index contributed by atoms with van der Waals surface area (Å²) in [5, 5.41) is 2.22. The number of rotatable bonds is 9. The Morgan fingerprint density at radius 3 is 1.92 bits per heavy atom. The predicted molar refractivity (Wildman–Crippen MR) is 91.9 cm³/mol. The summed E-state index contributed by atoms with van der Waals surface area (Å²) in [6.45, 7) is 5.51. The summed E-state index contributed by atoms with van der Waals surface area (Å²) < 4.78 is 0. The highest BCUT2D eigenvalue weighted by Crippen LogP contribution is 2.15. The lowest BCUT2D eigenvalue weighted by atomic mass is 9.81. The van der Waals surface area contributed by atoms with Crippen LogP contribution in [-0.4, -0.2) is 34.6 Å². The average Bonchev–Trinajstić information content (AvgIpc) is 2.51. The number of benzene rings is 1. The standard InChI is InChI=1S/C19H23NO5/c1-12(2)10-16(23)18(25)19(13(3)21,14(4)22)20-17(24)11-15-8-6-5-7-9-15/h5-9,12H,10-11H2,1-4H3,(H,20,24). The third kappa shape index (κ3) is 4.92. The molecule has 1 aromatic carbocycles. The summed E-state index contributed by atoms with van der Waals surface area (Å²) in [5.74, 6) is -4.56. The van der Waals surface area contributed by atoms with Crippen LogP contribution in [0.15, 0.2) is 30.3 Å². The molecule has 0 spiro atoms. The molecule has 6 nitrogen and oxygen atoms in total. The molecule has 0 aliphatic heterocycles. The molecule has 1 amide bonds. The van der Waals surface area contributed by atoms with E-state index in [0.29, 0.717) is 5.56 Å². The Bertz CT molecular complexity index is 677. The fourth-order valence-corrected chi connectivity index (χ4v) is 2.51. The first kappa shape index (κ1) is 20.4. The largest absolute Gasteiger partial charge is 0.331 e. The van der Waals surface area contributed by atoms with Crippen molar-refractivity contribution in [2.24, 2.45) is 5.92 Å². The Kier molecular flexibility index (Phi) is 6.91. The van der Waals surface area contributed by atoms with Crippen molar-refractivity contribution >= 4 is 29.0 Å². The molecule has 134 valence electrons. The maximum atomic E-state index is 12.6. The lowest BCUT2D eigenvalue weighted by molar-refractivity contribution is -0.151. The van der Waals surface area contributed by atoms with E-state index >= 15 is 0 Å². The smallest absolute Gasteiger partial charge is 0.239 e. The van der Waals surface area contributed by atoms with Gasteiger partial charge in [0.2, 0.25) is 23.0 Å². The molecule has 0 fully saturated rings. The van der Waals surface area contributed by atoms with Gasteiger partial charge in [0.1, 0.15) is 0 Å². The van der Waals surface area contributed by atoms with Crippen molar-refractivity contribution in [3.05, 3.63) is 35.9 Å². The number of hydrogen-bond acceptors (Lipinski definition) is 5. The van der Waals surface area contributed by atoms with E-state index in [0.717, 1.165) is 13.8 Å². The van der Waals surface area contributed by atoms with Gasteiger partial charge in [0.05, 0.1) is 6.42 Å². The minimum absolute atomic E-state index is 0.101. The first-order valence-electron chi connectivity index (χ1n) is 8.05. The van der Waals surface area contributed by atoms with Crippen molar-refractivity contribution in [3.63, 3.8) is 0 Å². The van der Waals surface area contributed by atoms with Crippen LogP contribution in [0.2, 0.25) is 0 Å². The lowest BCUT2D eigenvalue weighted by Gasteiger charge is -2.27. The van der Waals surface area contributed by atoms with Crippen LogP contribution >= 0.6 is 0 Å². The monoisotopic (exact) mass is 345 g/mol. The van der Waals surface area contributed by atoms with Gasteiger partial charge in [0, 0.05) is 6.42 Å². The Morgan fingerprint density at radius 1 is 0.960 bits per heavy atom. The van der Waals surface area contributed by atoms with Crippen LogP contribution in [0.5, 0.6) is 0 Å². The van der Waals surface area contributed by atoms with Crippen LogP contribution in [0.25, 0.3) is 0 Å². The number of hydrogen-bond donors (Lipinski definition) is 1. The molecule has 6 heteroatoms. The zero-order valence-electron chi connectivity index (χ0n) is 14.9.